The van der Waals surface area contributed by atoms with E-state index in [-0.39, 0.29) is 66.7 Å². The van der Waals surface area contributed by atoms with Gasteiger partial charge in [-0.2, -0.15) is 11.8 Å². The molecule has 40 heteroatoms. The molecule has 4 aliphatic heterocycles. The summed E-state index contributed by atoms with van der Waals surface area (Å²) < 4.78 is 82.7. The first-order valence-corrected chi connectivity index (χ1v) is 41.4. The lowest BCUT2D eigenvalue weighted by Crippen LogP contribution is -2.60. The normalized spacial score (nSPS) is 22.8. The molecule has 1 aromatic carbocycles. The summed E-state index contributed by atoms with van der Waals surface area (Å²) in [6.07, 6.45) is -3.59. The molecule has 12 atom stereocenters. The van der Waals surface area contributed by atoms with Gasteiger partial charge < -0.3 is 125 Å². The fourth-order valence-electron chi connectivity index (χ4n) is 12.9. The minimum atomic E-state index is -2.41. The summed E-state index contributed by atoms with van der Waals surface area (Å²) in [6.45, 7) is 12.8. The molecule has 115 heavy (non-hydrogen) atoms. The van der Waals surface area contributed by atoms with Gasteiger partial charge in [-0.15, -0.1) is 0 Å². The maximum absolute atomic E-state index is 15.4. The maximum Gasteiger partial charge on any atom is 0.246 e. The van der Waals surface area contributed by atoms with Crippen LogP contribution in [0.15, 0.2) is 29.1 Å². The molecule has 1 aromatic heterocycles. The van der Waals surface area contributed by atoms with E-state index in [0.717, 1.165) is 4.90 Å². The predicted molar refractivity (Wildman–Crippen MR) is 415 cm³/mol. The number of carbonyl (C=O) groups is 11. The summed E-state index contributed by atoms with van der Waals surface area (Å²) in [5.74, 6) is -12.9. The number of imide groups is 1. The number of rotatable bonds is 49. The van der Waals surface area contributed by atoms with Crippen molar-refractivity contribution >= 4 is 98.2 Å². The summed E-state index contributed by atoms with van der Waals surface area (Å²) in [5.41, 5.74) is 13.1. The van der Waals surface area contributed by atoms with Crippen LogP contribution >= 0.6 is 11.8 Å². The van der Waals surface area contributed by atoms with Crippen LogP contribution in [0.5, 0.6) is 5.75 Å². The van der Waals surface area contributed by atoms with Crippen LogP contribution in [0.25, 0.3) is 10.9 Å². The van der Waals surface area contributed by atoms with Gasteiger partial charge in [-0.1, -0.05) is 34.1 Å². The minimum Gasteiger partial charge on any atom is -0.496 e. The van der Waals surface area contributed by atoms with Crippen LogP contribution in [0.2, 0.25) is 0 Å². The molecule has 2 aromatic rings. The summed E-state index contributed by atoms with van der Waals surface area (Å²) in [4.78, 5) is 157. The van der Waals surface area contributed by atoms with E-state index in [1.54, 1.807) is 39.1 Å². The first kappa shape index (κ1) is 96.4. The van der Waals surface area contributed by atoms with E-state index in [1.807, 2.05) is 0 Å². The molecule has 2 saturated heterocycles. The zero-order valence-electron chi connectivity index (χ0n) is 66.5. The van der Waals surface area contributed by atoms with Gasteiger partial charge in [-0.05, 0) is 30.0 Å². The van der Waals surface area contributed by atoms with Gasteiger partial charge in [0, 0.05) is 96.8 Å². The Morgan fingerprint density at radius 2 is 1.23 bits per heavy atom. The Morgan fingerprint density at radius 3 is 1.76 bits per heavy atom. The number of hydrogen-bond donors (Lipinski definition) is 12. The van der Waals surface area contributed by atoms with Crippen molar-refractivity contribution in [2.45, 2.75) is 120 Å². The van der Waals surface area contributed by atoms with E-state index in [0.29, 0.717) is 179 Å². The van der Waals surface area contributed by atoms with Crippen LogP contribution in [0.1, 0.15) is 77.3 Å². The molecule has 6 rings (SSSR count). The lowest BCUT2D eigenvalue weighted by atomic mass is 9.85. The highest BCUT2D eigenvalue weighted by Gasteiger charge is 2.46. The highest BCUT2D eigenvalue weighted by atomic mass is 32.2. The van der Waals surface area contributed by atoms with Crippen molar-refractivity contribution in [2.24, 2.45) is 41.1 Å². The highest BCUT2D eigenvalue weighted by Crippen LogP contribution is 2.37. The summed E-state index contributed by atoms with van der Waals surface area (Å²) in [7, 11) is -0.964. The van der Waals surface area contributed by atoms with Gasteiger partial charge in [0.1, 0.15) is 28.9 Å². The first-order valence-electron chi connectivity index (χ1n) is 39.0. The van der Waals surface area contributed by atoms with Crippen molar-refractivity contribution in [1.29, 1.82) is 0 Å². The third kappa shape index (κ3) is 33.1. The second kappa shape index (κ2) is 53.1. The molecular formula is C75H119N11O27S2. The van der Waals surface area contributed by atoms with Gasteiger partial charge in [0.2, 0.25) is 53.2 Å². The lowest BCUT2D eigenvalue weighted by Gasteiger charge is -2.32. The molecule has 9 amide bonds. The predicted octanol–water partition coefficient (Wildman–Crippen LogP) is -3.24. The molecule has 38 nitrogen and oxygen atoms in total. The number of nitrogens with one attached hydrogen (secondary N) is 7. The molecule has 2 bridgehead atoms. The second-order valence-corrected chi connectivity index (χ2v) is 30.6. The number of methoxy groups -OCH3 is 1. The Labute approximate surface area is 676 Å². The third-order valence-corrected chi connectivity index (χ3v) is 21.9. The van der Waals surface area contributed by atoms with E-state index in [2.05, 4.69) is 36.9 Å². The van der Waals surface area contributed by atoms with E-state index >= 15 is 9.00 Å². The number of aliphatic hydroxyl groups excluding tert-OH is 3. The van der Waals surface area contributed by atoms with Crippen molar-refractivity contribution in [3.05, 3.63) is 35.2 Å². The van der Waals surface area contributed by atoms with E-state index in [9.17, 15) is 63.3 Å². The van der Waals surface area contributed by atoms with Crippen LogP contribution in [0, 0.1) is 29.6 Å². The number of Topliss-reactive ketones (excluding diaryl/α,β-unsaturated/α-hetero) is 2. The molecule has 0 aliphatic carbocycles. The van der Waals surface area contributed by atoms with Crippen LogP contribution < -0.4 is 48.1 Å². The number of benzene rings is 1. The third-order valence-electron chi connectivity index (χ3n) is 19.5. The Hall–Kier alpha value is -7.39. The number of amides is 9. The first-order chi connectivity index (χ1) is 55.4. The van der Waals surface area contributed by atoms with Crippen LogP contribution in [0.4, 0.5) is 0 Å². The van der Waals surface area contributed by atoms with Gasteiger partial charge in [-0.25, -0.2) is 0 Å². The van der Waals surface area contributed by atoms with Gasteiger partial charge in [-0.3, -0.25) is 61.8 Å². The fraction of sp³-hybridized carbons (Fsp3) is 0.720. The number of carbonyl (C=O) groups excluding carboxylic acids is 11. The molecule has 648 valence electrons. The van der Waals surface area contributed by atoms with Gasteiger partial charge in [0.15, 0.2) is 11.6 Å². The van der Waals surface area contributed by atoms with Crippen molar-refractivity contribution < 1.29 is 129 Å². The topological polar surface area (TPSA) is 523 Å². The molecule has 0 radical (unpaired) electrons. The van der Waals surface area contributed by atoms with Crippen LogP contribution in [0.3, 0.4) is 0 Å². The average Bonchev–Trinajstić information content (AvgIpc) is 1.62. The van der Waals surface area contributed by atoms with E-state index in [4.69, 9.17) is 68.3 Å². The Bertz CT molecular complexity index is 3500. The number of primary amides is 1. The summed E-state index contributed by atoms with van der Waals surface area (Å²) >= 11 is 1.45. The number of thioether (sulfide) groups is 1. The van der Waals surface area contributed by atoms with E-state index < -0.39 is 181 Å². The number of H-pyrrole nitrogens is 1. The number of ether oxygens (including phenoxy) is 12. The smallest absolute Gasteiger partial charge is 0.246 e. The van der Waals surface area contributed by atoms with Crippen molar-refractivity contribution in [3.63, 3.8) is 0 Å². The average molecular weight is 1670 g/mol. The van der Waals surface area contributed by atoms with Gasteiger partial charge in [0.05, 0.1) is 225 Å². The largest absolute Gasteiger partial charge is 0.496 e. The lowest BCUT2D eigenvalue weighted by molar-refractivity contribution is -0.144. The van der Waals surface area contributed by atoms with Gasteiger partial charge >= 0.3 is 0 Å². The number of nitrogens with two attached hydrogens (primary N) is 2. The molecular weight excluding hydrogens is 1550 g/mol. The van der Waals surface area contributed by atoms with Crippen LogP contribution in [-0.2, 0) is 128 Å². The Kier molecular flexibility index (Phi) is 44.6. The molecule has 2 unspecified atom stereocenters. The second-order valence-electron chi connectivity index (χ2n) is 28.1. The standard InChI is InChI=1S/C75H119N11O27S2/c1-6-47(2)55-36-52(88)40-79-69(95)50-34-56-54-7-8-63(102-5)57(68(54)84-73(56)115(101)46-59(81-65(93)41-80-70(55)96)71(97)82-58(38-64(77)92)75(100)85-43-53(89)37-60(85)72(98)83-67(61(90)35-50)49(4)62(91)44-87)45-114-32-31-113-30-29-112-28-27-111-26-25-110-24-23-109-22-21-108-20-19-107-18-17-106-16-15-105-14-13-104-12-11-103-10-9-78-39-51(76)42-86-66(94)33-48(3)74(86)99/h7-8,39,47-50,53,55,58-60,62,67,78,84,87,89,91H,6,9-38,40-46,76H2,1-5H3,(H2,77,92)(H,79,95)(H,80,96)(H,81,93)(H,82,97)(H,83,98)/b51-39-/t47-,48?,49-,50+,53+,55-,58-,59+,60-,62-,67-,115?/m0/s1. The number of aromatic amines is 1. The molecule has 0 spiro atoms. The maximum atomic E-state index is 15.4. The summed E-state index contributed by atoms with van der Waals surface area (Å²) in [5, 5.41) is 48.1. The minimum absolute atomic E-state index is 0.0702. The zero-order chi connectivity index (χ0) is 83.6. The number of aromatic nitrogens is 1. The van der Waals surface area contributed by atoms with Crippen molar-refractivity contribution in [2.75, 3.05) is 203 Å². The van der Waals surface area contributed by atoms with Crippen LogP contribution in [-0.4, -0.2) is 339 Å². The Morgan fingerprint density at radius 1 is 0.687 bits per heavy atom. The zero-order valence-corrected chi connectivity index (χ0v) is 68.1. The fourth-order valence-corrected chi connectivity index (χ4v) is 15.1. The molecule has 5 heterocycles. The molecule has 2 fully saturated rings. The molecule has 0 saturated carbocycles. The quantitative estimate of drug-likeness (QED) is 0.0229. The number of ketones is 2. The van der Waals surface area contributed by atoms with Crippen molar-refractivity contribution in [3.8, 4) is 5.75 Å². The van der Waals surface area contributed by atoms with Gasteiger partial charge in [0.25, 0.3) is 0 Å². The number of fused-ring (bicyclic) bond motifs is 5. The number of hydrogen-bond acceptors (Lipinski definition) is 30. The van der Waals surface area contributed by atoms with E-state index in [1.165, 1.54) is 30.7 Å². The number of nitrogens with zero attached hydrogens (tertiary/aromatic N) is 2. The van der Waals surface area contributed by atoms with Crippen molar-refractivity contribution in [1.82, 2.24) is 46.7 Å². The Balaban J connectivity index is 0.918. The SMILES string of the molecule is CC[C@H](C)[C@@H]1CC(=O)CNC(=O)[C@H]2CC(=O)[C@H]([C@@H](C)[C@@H](O)CO)NC(=O)[C@@H]3C[C@@H](O)CN3C(=O)[C@H](CC(N)=O)NC(=O)[C@@H](CS(=O)c3[nH]c4c(CSCCOCCOCCOCCOCCOCCOCCOCCOCCOCCOCCOCCN/C=C(\N)CN5C(=O)CC(C)C5=O)c(OC)ccc4c3C2)NC(=O)CNC1=O. The monoisotopic (exact) mass is 1670 g/mol. The summed E-state index contributed by atoms with van der Waals surface area (Å²) in [6, 6.07) is -3.67. The molecule has 4 aliphatic rings. The number of likely N-dealkylation sites (tertiary alicyclic amines) is 1. The number of aliphatic hydroxyl groups is 3. The molecule has 14 N–H and O–H groups in total. The highest BCUT2D eigenvalue weighted by molar-refractivity contribution is 7.98.